The van der Waals surface area contributed by atoms with Gasteiger partial charge in [-0.25, -0.2) is 0 Å². The van der Waals surface area contributed by atoms with Gasteiger partial charge >= 0.3 is 0 Å². The smallest absolute Gasteiger partial charge is 0.267 e. The van der Waals surface area contributed by atoms with Crippen molar-refractivity contribution in [3.05, 3.63) is 18.2 Å². The zero-order valence-corrected chi connectivity index (χ0v) is 11.3. The van der Waals surface area contributed by atoms with E-state index in [1.807, 2.05) is 0 Å². The lowest BCUT2D eigenvalue weighted by atomic mass is 9.94. The predicted octanol–water partition coefficient (Wildman–Crippen LogP) is 1.93. The standard InChI is InChI=1S/C14H17N3O2/c1-9-13(18)17(8-14(2,3)7-15)11-6-10(16)4-5-12(11)19-9/h4-6,9H,8,16H2,1-3H3. The van der Waals surface area contributed by atoms with E-state index in [0.717, 1.165) is 0 Å². The minimum Gasteiger partial charge on any atom is -0.479 e. The maximum absolute atomic E-state index is 12.2. The second-order valence-corrected chi connectivity index (χ2v) is 5.41. The Labute approximate surface area is 112 Å². The van der Waals surface area contributed by atoms with Crippen LogP contribution >= 0.6 is 0 Å². The summed E-state index contributed by atoms with van der Waals surface area (Å²) in [4.78, 5) is 13.8. The number of nitrogen functional groups attached to an aromatic ring is 1. The highest BCUT2D eigenvalue weighted by Crippen LogP contribution is 2.37. The lowest BCUT2D eigenvalue weighted by molar-refractivity contribution is -0.125. The maximum atomic E-state index is 12.2. The van der Waals surface area contributed by atoms with Crippen molar-refractivity contribution in [2.75, 3.05) is 17.2 Å². The Morgan fingerprint density at radius 2 is 2.21 bits per heavy atom. The monoisotopic (exact) mass is 259 g/mol. The van der Waals surface area contributed by atoms with Crippen LogP contribution in [0.4, 0.5) is 11.4 Å². The van der Waals surface area contributed by atoms with E-state index in [1.54, 1.807) is 43.9 Å². The highest BCUT2D eigenvalue weighted by atomic mass is 16.5. The Bertz CT molecular complexity index is 560. The molecule has 0 saturated carbocycles. The van der Waals surface area contributed by atoms with Crippen LogP contribution in [0.15, 0.2) is 18.2 Å². The van der Waals surface area contributed by atoms with Crippen LogP contribution in [0.2, 0.25) is 0 Å². The van der Waals surface area contributed by atoms with E-state index in [4.69, 9.17) is 15.7 Å². The van der Waals surface area contributed by atoms with Crippen LogP contribution in [-0.4, -0.2) is 18.6 Å². The molecule has 1 aliphatic rings. The third kappa shape index (κ3) is 2.48. The molecule has 2 rings (SSSR count). The number of fused-ring (bicyclic) bond motifs is 1. The molecule has 1 amide bonds. The highest BCUT2D eigenvalue weighted by Gasteiger charge is 2.35. The van der Waals surface area contributed by atoms with Crippen LogP contribution in [0.25, 0.3) is 0 Å². The van der Waals surface area contributed by atoms with Crippen molar-refractivity contribution in [3.8, 4) is 11.8 Å². The summed E-state index contributed by atoms with van der Waals surface area (Å²) < 4.78 is 5.55. The van der Waals surface area contributed by atoms with Crippen LogP contribution in [0.3, 0.4) is 0 Å². The lowest BCUT2D eigenvalue weighted by Crippen LogP contribution is -2.48. The third-order valence-electron chi connectivity index (χ3n) is 3.05. The zero-order valence-electron chi connectivity index (χ0n) is 11.3. The Balaban J connectivity index is 2.45. The van der Waals surface area contributed by atoms with Crippen molar-refractivity contribution in [1.82, 2.24) is 0 Å². The molecule has 1 heterocycles. The van der Waals surface area contributed by atoms with E-state index >= 15 is 0 Å². The first-order chi connectivity index (χ1) is 8.84. The highest BCUT2D eigenvalue weighted by molar-refractivity contribution is 6.00. The number of nitrogens with two attached hydrogens (primary N) is 1. The molecule has 2 N–H and O–H groups in total. The number of carbonyl (C=O) groups is 1. The first-order valence-electron chi connectivity index (χ1n) is 6.13. The van der Waals surface area contributed by atoms with E-state index in [2.05, 4.69) is 6.07 Å². The number of anilines is 2. The van der Waals surface area contributed by atoms with Crippen molar-refractivity contribution < 1.29 is 9.53 Å². The van der Waals surface area contributed by atoms with Gasteiger partial charge in [-0.3, -0.25) is 4.79 Å². The van der Waals surface area contributed by atoms with E-state index in [0.29, 0.717) is 23.7 Å². The lowest BCUT2D eigenvalue weighted by Gasteiger charge is -2.35. The fourth-order valence-electron chi connectivity index (χ4n) is 2.02. The second kappa shape index (κ2) is 4.47. The maximum Gasteiger partial charge on any atom is 0.267 e. The summed E-state index contributed by atoms with van der Waals surface area (Å²) in [5, 5.41) is 9.14. The number of hydrogen-bond acceptors (Lipinski definition) is 4. The summed E-state index contributed by atoms with van der Waals surface area (Å²) in [6.45, 7) is 5.61. The van der Waals surface area contributed by atoms with Gasteiger partial charge in [0.1, 0.15) is 5.75 Å². The Kier molecular flexibility index (Phi) is 3.11. The Morgan fingerprint density at radius 1 is 1.53 bits per heavy atom. The molecule has 0 radical (unpaired) electrons. The fourth-order valence-corrected chi connectivity index (χ4v) is 2.02. The van der Waals surface area contributed by atoms with Gasteiger partial charge in [-0.2, -0.15) is 5.26 Å². The van der Waals surface area contributed by atoms with Crippen molar-refractivity contribution >= 4 is 17.3 Å². The number of carbonyl (C=O) groups excluding carboxylic acids is 1. The molecule has 0 spiro atoms. The van der Waals surface area contributed by atoms with Gasteiger partial charge in [-0.15, -0.1) is 0 Å². The minimum absolute atomic E-state index is 0.151. The quantitative estimate of drug-likeness (QED) is 0.823. The van der Waals surface area contributed by atoms with Gasteiger partial charge in [-0.1, -0.05) is 0 Å². The molecule has 0 saturated heterocycles. The summed E-state index contributed by atoms with van der Waals surface area (Å²) in [7, 11) is 0. The molecule has 0 aromatic heterocycles. The average Bonchev–Trinajstić information content (AvgIpc) is 2.36. The van der Waals surface area contributed by atoms with Gasteiger partial charge < -0.3 is 15.4 Å². The van der Waals surface area contributed by atoms with Crippen LogP contribution < -0.4 is 15.4 Å². The molecule has 5 nitrogen and oxygen atoms in total. The number of nitriles is 1. The summed E-state index contributed by atoms with van der Waals surface area (Å²) in [6, 6.07) is 7.39. The molecule has 5 heteroatoms. The van der Waals surface area contributed by atoms with E-state index in [1.165, 1.54) is 0 Å². The van der Waals surface area contributed by atoms with Crippen LogP contribution in [-0.2, 0) is 4.79 Å². The first kappa shape index (κ1) is 13.2. The van der Waals surface area contributed by atoms with Gasteiger partial charge in [0.15, 0.2) is 6.10 Å². The minimum atomic E-state index is -0.630. The number of amides is 1. The van der Waals surface area contributed by atoms with Gasteiger partial charge in [0, 0.05) is 12.2 Å². The summed E-state index contributed by atoms with van der Waals surface area (Å²) in [5.74, 6) is 0.469. The van der Waals surface area contributed by atoms with Crippen molar-refractivity contribution in [3.63, 3.8) is 0 Å². The molecule has 1 atom stereocenters. The second-order valence-electron chi connectivity index (χ2n) is 5.41. The molecule has 1 unspecified atom stereocenters. The van der Waals surface area contributed by atoms with Crippen molar-refractivity contribution in [2.45, 2.75) is 26.9 Å². The third-order valence-corrected chi connectivity index (χ3v) is 3.05. The van der Waals surface area contributed by atoms with Crippen LogP contribution in [0, 0.1) is 16.7 Å². The molecule has 0 aliphatic carbocycles. The van der Waals surface area contributed by atoms with Crippen LogP contribution in [0.1, 0.15) is 20.8 Å². The Morgan fingerprint density at radius 3 is 2.84 bits per heavy atom. The SMILES string of the molecule is CC1Oc2ccc(N)cc2N(CC(C)(C)C#N)C1=O. The van der Waals surface area contributed by atoms with Gasteiger partial charge in [0.2, 0.25) is 0 Å². The fraction of sp³-hybridized carbons (Fsp3) is 0.429. The first-order valence-corrected chi connectivity index (χ1v) is 6.13. The van der Waals surface area contributed by atoms with Crippen LogP contribution in [0.5, 0.6) is 5.75 Å². The van der Waals surface area contributed by atoms with Gasteiger partial charge in [0.25, 0.3) is 5.91 Å². The van der Waals surface area contributed by atoms with E-state index in [-0.39, 0.29) is 5.91 Å². The average molecular weight is 259 g/mol. The van der Waals surface area contributed by atoms with E-state index < -0.39 is 11.5 Å². The molecular formula is C14H17N3O2. The van der Waals surface area contributed by atoms with E-state index in [9.17, 15) is 4.79 Å². The topological polar surface area (TPSA) is 79.3 Å². The molecular weight excluding hydrogens is 242 g/mol. The summed E-state index contributed by atoms with van der Waals surface area (Å²) >= 11 is 0. The normalized spacial score (nSPS) is 18.5. The van der Waals surface area contributed by atoms with Crippen molar-refractivity contribution in [2.24, 2.45) is 5.41 Å². The Hall–Kier alpha value is -2.22. The van der Waals surface area contributed by atoms with Gasteiger partial charge in [0.05, 0.1) is 17.2 Å². The van der Waals surface area contributed by atoms with Gasteiger partial charge in [-0.05, 0) is 39.0 Å². The number of rotatable bonds is 2. The zero-order chi connectivity index (χ0) is 14.2. The largest absolute Gasteiger partial charge is 0.479 e. The molecule has 1 aromatic rings. The van der Waals surface area contributed by atoms with Crippen molar-refractivity contribution in [1.29, 1.82) is 5.26 Å². The number of benzene rings is 1. The molecule has 0 fully saturated rings. The molecule has 19 heavy (non-hydrogen) atoms. The summed E-state index contributed by atoms with van der Waals surface area (Å²) in [6.07, 6.45) is -0.550. The molecule has 1 aromatic carbocycles. The number of ether oxygens (including phenoxy) is 1. The predicted molar refractivity (Wildman–Crippen MR) is 72.7 cm³/mol. The number of hydrogen-bond donors (Lipinski definition) is 1. The molecule has 0 bridgehead atoms. The summed E-state index contributed by atoms with van der Waals surface area (Å²) in [5.41, 5.74) is 6.32. The molecule has 100 valence electrons. The molecule has 1 aliphatic heterocycles. The number of nitrogens with zero attached hydrogens (tertiary/aromatic N) is 2.